The molecule has 0 spiro atoms. The van der Waals surface area contributed by atoms with Crippen molar-refractivity contribution in [3.8, 4) is 5.75 Å². The number of rotatable bonds is 11. The lowest BCUT2D eigenvalue weighted by molar-refractivity contribution is -0.155. The lowest BCUT2D eigenvalue weighted by atomic mass is 10.1. The molecule has 40 heavy (non-hydrogen) atoms. The van der Waals surface area contributed by atoms with E-state index in [2.05, 4.69) is 30.1 Å². The number of esters is 1. The van der Waals surface area contributed by atoms with Crippen LogP contribution in [0.3, 0.4) is 0 Å². The van der Waals surface area contributed by atoms with Crippen molar-refractivity contribution in [1.82, 2.24) is 14.5 Å². The predicted octanol–water partition coefficient (Wildman–Crippen LogP) is 6.66. The van der Waals surface area contributed by atoms with Gasteiger partial charge >= 0.3 is 12.0 Å². The van der Waals surface area contributed by atoms with Crippen molar-refractivity contribution in [1.29, 1.82) is 0 Å². The summed E-state index contributed by atoms with van der Waals surface area (Å²) < 4.78 is 13.5. The minimum atomic E-state index is -0.542. The third kappa shape index (κ3) is 6.60. The van der Waals surface area contributed by atoms with Crippen molar-refractivity contribution in [3.05, 3.63) is 53.9 Å². The van der Waals surface area contributed by atoms with Gasteiger partial charge in [-0.2, -0.15) is 0 Å². The van der Waals surface area contributed by atoms with Crippen molar-refractivity contribution in [2.24, 2.45) is 0 Å². The number of fused-ring (bicyclic) bond motifs is 1. The summed E-state index contributed by atoms with van der Waals surface area (Å²) in [4.78, 5) is 34.5. The van der Waals surface area contributed by atoms with E-state index >= 15 is 0 Å². The number of nitrogens with zero attached hydrogens (tertiary/aromatic N) is 4. The summed E-state index contributed by atoms with van der Waals surface area (Å²) in [6.45, 7) is 10.4. The number of amides is 2. The zero-order valence-corrected chi connectivity index (χ0v) is 24.3. The second-order valence-electron chi connectivity index (χ2n) is 12.0. The summed E-state index contributed by atoms with van der Waals surface area (Å²) in [7, 11) is 0. The molecule has 5 rings (SSSR count). The van der Waals surface area contributed by atoms with Gasteiger partial charge in [-0.25, -0.2) is 9.78 Å². The first-order valence-electron chi connectivity index (χ1n) is 14.7. The van der Waals surface area contributed by atoms with Crippen molar-refractivity contribution >= 4 is 28.7 Å². The van der Waals surface area contributed by atoms with Gasteiger partial charge in [0.25, 0.3) is 0 Å². The first-order valence-corrected chi connectivity index (χ1v) is 14.7. The molecule has 1 saturated heterocycles. The van der Waals surface area contributed by atoms with Gasteiger partial charge in [0.15, 0.2) is 0 Å². The fourth-order valence-corrected chi connectivity index (χ4v) is 5.38. The number of hydrogen-bond acceptors (Lipinski definition) is 5. The number of pyridine rings is 1. The molecule has 0 radical (unpaired) electrons. The number of benzene rings is 1. The van der Waals surface area contributed by atoms with Crippen molar-refractivity contribution < 1.29 is 19.1 Å². The Morgan fingerprint density at radius 2 is 1.93 bits per heavy atom. The first-order chi connectivity index (χ1) is 19.2. The SMILES string of the molecule is CCCCCOc1cc(N2CCCN(Cc3ccnc4c3ccn4CC(=O)OC(C)(C)C)C2=O)ccc1C1CC1. The maximum atomic E-state index is 13.7. The molecular formula is C32H42N4O4. The predicted molar refractivity (Wildman–Crippen MR) is 157 cm³/mol. The van der Waals surface area contributed by atoms with E-state index in [0.717, 1.165) is 48.1 Å². The summed E-state index contributed by atoms with van der Waals surface area (Å²) in [5, 5.41) is 0.938. The van der Waals surface area contributed by atoms with Crippen LogP contribution >= 0.6 is 0 Å². The minimum Gasteiger partial charge on any atom is -0.493 e. The molecule has 2 fully saturated rings. The molecule has 214 valence electrons. The van der Waals surface area contributed by atoms with E-state index in [-0.39, 0.29) is 18.5 Å². The molecule has 2 aromatic heterocycles. The second kappa shape index (κ2) is 11.9. The molecule has 2 amide bonds. The van der Waals surface area contributed by atoms with E-state index in [4.69, 9.17) is 9.47 Å². The Balaban J connectivity index is 1.31. The van der Waals surface area contributed by atoms with E-state index in [9.17, 15) is 9.59 Å². The van der Waals surface area contributed by atoms with Gasteiger partial charge in [0, 0.05) is 49.2 Å². The average Bonchev–Trinajstić information content (AvgIpc) is 3.67. The van der Waals surface area contributed by atoms with Crippen molar-refractivity contribution in [2.45, 2.75) is 90.8 Å². The Kier molecular flexibility index (Phi) is 8.33. The number of urea groups is 1. The molecule has 1 aliphatic heterocycles. The van der Waals surface area contributed by atoms with Crippen LogP contribution in [0.1, 0.15) is 83.3 Å². The Morgan fingerprint density at radius 1 is 1.10 bits per heavy atom. The van der Waals surface area contributed by atoms with E-state index < -0.39 is 5.60 Å². The van der Waals surface area contributed by atoms with Gasteiger partial charge in [0.2, 0.25) is 0 Å². The number of unbranched alkanes of at least 4 members (excludes halogenated alkanes) is 2. The van der Waals surface area contributed by atoms with Crippen molar-refractivity contribution in [2.75, 3.05) is 24.6 Å². The van der Waals surface area contributed by atoms with E-state index in [1.165, 1.54) is 18.4 Å². The zero-order valence-electron chi connectivity index (χ0n) is 24.3. The van der Waals surface area contributed by atoms with Crippen LogP contribution < -0.4 is 9.64 Å². The molecule has 2 aliphatic rings. The third-order valence-corrected chi connectivity index (χ3v) is 7.48. The number of anilines is 1. The molecule has 8 nitrogen and oxygen atoms in total. The van der Waals surface area contributed by atoms with Crippen LogP contribution in [0.2, 0.25) is 0 Å². The molecule has 0 atom stereocenters. The molecule has 3 aromatic rings. The fraction of sp³-hybridized carbons (Fsp3) is 0.531. The maximum Gasteiger partial charge on any atom is 0.326 e. The normalized spacial score (nSPS) is 16.1. The van der Waals surface area contributed by atoms with Crippen LogP contribution in [0.5, 0.6) is 5.75 Å². The monoisotopic (exact) mass is 546 g/mol. The number of hydrogen-bond donors (Lipinski definition) is 0. The second-order valence-corrected chi connectivity index (χ2v) is 12.0. The number of aromatic nitrogens is 2. The topological polar surface area (TPSA) is 76.9 Å². The van der Waals surface area contributed by atoms with Crippen LogP contribution in [0.15, 0.2) is 42.7 Å². The molecule has 1 aliphatic carbocycles. The quantitative estimate of drug-likeness (QED) is 0.199. The summed E-state index contributed by atoms with van der Waals surface area (Å²) in [6, 6.07) is 10.2. The van der Waals surface area contributed by atoms with Gasteiger partial charge in [0.1, 0.15) is 23.5 Å². The highest BCUT2D eigenvalue weighted by Gasteiger charge is 2.31. The summed E-state index contributed by atoms with van der Waals surface area (Å²) in [5.74, 6) is 1.21. The molecule has 8 heteroatoms. The highest BCUT2D eigenvalue weighted by Crippen LogP contribution is 2.45. The smallest absolute Gasteiger partial charge is 0.326 e. The van der Waals surface area contributed by atoms with Gasteiger partial charge in [-0.1, -0.05) is 25.8 Å². The summed E-state index contributed by atoms with van der Waals surface area (Å²) in [5.41, 5.74) is 3.35. The molecule has 0 N–H and O–H groups in total. The number of ether oxygens (including phenoxy) is 2. The largest absolute Gasteiger partial charge is 0.493 e. The molecule has 1 saturated carbocycles. The Hall–Kier alpha value is -3.55. The van der Waals surface area contributed by atoms with E-state index in [0.29, 0.717) is 37.8 Å². The van der Waals surface area contributed by atoms with Crippen LogP contribution in [0.25, 0.3) is 11.0 Å². The van der Waals surface area contributed by atoms with Crippen LogP contribution in [0, 0.1) is 0 Å². The molecular weight excluding hydrogens is 504 g/mol. The molecule has 1 aromatic carbocycles. The first kappa shape index (κ1) is 28.0. The molecule has 0 bridgehead atoms. The summed E-state index contributed by atoms with van der Waals surface area (Å²) in [6.07, 6.45) is 10.3. The van der Waals surface area contributed by atoms with Crippen LogP contribution in [-0.2, 0) is 22.6 Å². The van der Waals surface area contributed by atoms with E-state index in [1.54, 1.807) is 10.8 Å². The minimum absolute atomic E-state index is 0.000467. The van der Waals surface area contributed by atoms with Gasteiger partial charge in [0.05, 0.1) is 6.61 Å². The van der Waals surface area contributed by atoms with Gasteiger partial charge in [-0.15, -0.1) is 0 Å². The molecule has 0 unspecified atom stereocenters. The molecule has 3 heterocycles. The highest BCUT2D eigenvalue weighted by molar-refractivity contribution is 5.93. The van der Waals surface area contributed by atoms with E-state index in [1.807, 2.05) is 48.9 Å². The Labute approximate surface area is 237 Å². The standard InChI is InChI=1S/C32H42N4O4/c1-5-6-7-19-39-28-20-25(11-12-26(28)23-9-10-23)36-17-8-16-35(31(36)38)21-24-13-15-33-30-27(24)14-18-34(30)22-29(37)40-32(2,3)4/h11-15,18,20,23H,5-10,16-17,19,21-22H2,1-4H3. The average molecular weight is 547 g/mol. The van der Waals surface area contributed by atoms with Crippen molar-refractivity contribution in [3.63, 3.8) is 0 Å². The maximum absolute atomic E-state index is 13.7. The van der Waals surface area contributed by atoms with Crippen LogP contribution in [-0.4, -0.2) is 51.7 Å². The van der Waals surface area contributed by atoms with Gasteiger partial charge in [-0.3, -0.25) is 9.69 Å². The van der Waals surface area contributed by atoms with Gasteiger partial charge in [-0.05, 0) is 81.7 Å². The third-order valence-electron chi connectivity index (χ3n) is 7.48. The highest BCUT2D eigenvalue weighted by atomic mass is 16.6. The number of carbonyl (C=O) groups is 2. The Morgan fingerprint density at radius 3 is 2.67 bits per heavy atom. The number of carbonyl (C=O) groups excluding carboxylic acids is 2. The lowest BCUT2D eigenvalue weighted by Crippen LogP contribution is -2.49. The lowest BCUT2D eigenvalue weighted by Gasteiger charge is -2.36. The van der Waals surface area contributed by atoms with Gasteiger partial charge < -0.3 is 18.9 Å². The van der Waals surface area contributed by atoms with Crippen LogP contribution in [0.4, 0.5) is 10.5 Å². The zero-order chi connectivity index (χ0) is 28.3. The summed E-state index contributed by atoms with van der Waals surface area (Å²) >= 11 is 0. The Bertz CT molecular complexity index is 1350. The fourth-order valence-electron chi connectivity index (χ4n) is 5.38.